The Bertz CT molecular complexity index is 226. The zero-order chi connectivity index (χ0) is 12.9. The predicted octanol–water partition coefficient (Wildman–Crippen LogP) is 2.90. The molecule has 1 amide bonds. The van der Waals surface area contributed by atoms with Crippen molar-refractivity contribution >= 4 is 17.9 Å². The first-order valence-electron chi connectivity index (χ1n) is 5.34. The average molecular weight is 248 g/mol. The molecular formula is C11H22NO3S. The molecule has 0 aromatic rings. The molecule has 0 fully saturated rings. The molecule has 1 atom stereocenters. The van der Waals surface area contributed by atoms with Gasteiger partial charge in [-0.3, -0.25) is 0 Å². The molecule has 0 saturated carbocycles. The van der Waals surface area contributed by atoms with E-state index in [1.54, 1.807) is 27.7 Å². The largest absolute Gasteiger partial charge is 0.444 e. The van der Waals surface area contributed by atoms with Crippen molar-refractivity contribution in [3.8, 4) is 0 Å². The summed E-state index contributed by atoms with van der Waals surface area (Å²) in [6.45, 7) is 11.0. The van der Waals surface area contributed by atoms with Crippen LogP contribution in [0.15, 0.2) is 0 Å². The summed E-state index contributed by atoms with van der Waals surface area (Å²) in [5.41, 5.74) is -0.328. The number of alkyl carbamates (subject to hydrolysis) is 1. The average Bonchev–Trinajstić information content (AvgIpc) is 1.98. The van der Waals surface area contributed by atoms with E-state index in [1.165, 1.54) is 11.8 Å². The van der Waals surface area contributed by atoms with Crippen LogP contribution in [0.4, 0.5) is 4.79 Å². The zero-order valence-electron chi connectivity index (χ0n) is 10.8. The molecule has 2 N–H and O–H groups in total. The number of carbonyl (C=O) groups is 1. The fraction of sp³-hybridized carbons (Fsp3) is 0.818. The van der Waals surface area contributed by atoms with Gasteiger partial charge in [0.15, 0.2) is 5.44 Å². The van der Waals surface area contributed by atoms with Gasteiger partial charge in [-0.1, -0.05) is 13.8 Å². The number of amides is 1. The van der Waals surface area contributed by atoms with Crippen molar-refractivity contribution in [2.24, 2.45) is 0 Å². The second kappa shape index (κ2) is 6.35. The SMILES string of the molecule is CC(C)S[C](O)[C@H](C)NC(=O)OC(C)(C)C. The number of ether oxygens (including phenoxy) is 1. The van der Waals surface area contributed by atoms with Crippen LogP contribution in [-0.2, 0) is 4.74 Å². The number of hydrogen-bond acceptors (Lipinski definition) is 4. The highest BCUT2D eigenvalue weighted by atomic mass is 32.2. The van der Waals surface area contributed by atoms with Gasteiger partial charge < -0.3 is 15.2 Å². The summed E-state index contributed by atoms with van der Waals surface area (Å²) in [6, 6.07) is -0.415. The first-order chi connectivity index (χ1) is 7.11. The quantitative estimate of drug-likeness (QED) is 0.803. The monoisotopic (exact) mass is 248 g/mol. The number of thioether (sulfide) groups is 1. The molecule has 4 nitrogen and oxygen atoms in total. The van der Waals surface area contributed by atoms with Crippen LogP contribution < -0.4 is 5.32 Å². The lowest BCUT2D eigenvalue weighted by molar-refractivity contribution is 0.0501. The van der Waals surface area contributed by atoms with E-state index in [9.17, 15) is 9.90 Å². The Balaban J connectivity index is 4.04. The molecule has 0 bridgehead atoms. The molecule has 95 valence electrons. The summed E-state index contributed by atoms with van der Waals surface area (Å²) in [5, 5.41) is 12.5. The summed E-state index contributed by atoms with van der Waals surface area (Å²) in [4.78, 5) is 11.4. The van der Waals surface area contributed by atoms with Gasteiger partial charge in [0.2, 0.25) is 0 Å². The van der Waals surface area contributed by atoms with Crippen LogP contribution in [0.25, 0.3) is 0 Å². The summed E-state index contributed by atoms with van der Waals surface area (Å²) in [6.07, 6.45) is -0.518. The second-order valence-corrected chi connectivity index (χ2v) is 6.47. The minimum atomic E-state index is -0.523. The molecule has 0 heterocycles. The van der Waals surface area contributed by atoms with E-state index >= 15 is 0 Å². The first-order valence-corrected chi connectivity index (χ1v) is 6.21. The maximum Gasteiger partial charge on any atom is 0.407 e. The Labute approximate surface area is 102 Å². The van der Waals surface area contributed by atoms with Crippen LogP contribution in [0.1, 0.15) is 41.5 Å². The smallest absolute Gasteiger partial charge is 0.407 e. The van der Waals surface area contributed by atoms with Crippen LogP contribution in [0.3, 0.4) is 0 Å². The molecule has 1 radical (unpaired) electrons. The third kappa shape index (κ3) is 7.82. The summed E-state index contributed by atoms with van der Waals surface area (Å²) in [5.74, 6) is 0. The molecule has 0 rings (SSSR count). The van der Waals surface area contributed by atoms with Crippen molar-refractivity contribution in [3.05, 3.63) is 5.44 Å². The fourth-order valence-electron chi connectivity index (χ4n) is 0.890. The third-order valence-corrected chi connectivity index (χ3v) is 2.53. The van der Waals surface area contributed by atoms with E-state index in [0.29, 0.717) is 0 Å². The van der Waals surface area contributed by atoms with Crippen LogP contribution in [0.5, 0.6) is 0 Å². The fourth-order valence-corrected chi connectivity index (χ4v) is 1.64. The lowest BCUT2D eigenvalue weighted by Crippen LogP contribution is -2.40. The van der Waals surface area contributed by atoms with Gasteiger partial charge in [-0.25, -0.2) is 4.79 Å². The van der Waals surface area contributed by atoms with Crippen molar-refractivity contribution in [1.82, 2.24) is 5.32 Å². The minimum absolute atomic E-state index is 0.195. The number of aliphatic hydroxyl groups is 1. The van der Waals surface area contributed by atoms with Crippen molar-refractivity contribution in [3.63, 3.8) is 0 Å². The number of aliphatic hydroxyl groups excluding tert-OH is 1. The Morgan fingerprint density at radius 1 is 1.31 bits per heavy atom. The second-order valence-electron chi connectivity index (χ2n) is 4.87. The Hall–Kier alpha value is -0.420. The lowest BCUT2D eigenvalue weighted by atomic mass is 10.2. The zero-order valence-corrected chi connectivity index (χ0v) is 11.6. The highest BCUT2D eigenvalue weighted by Gasteiger charge is 2.22. The molecule has 0 aromatic heterocycles. The van der Waals surface area contributed by atoms with Gasteiger partial charge in [0.25, 0.3) is 0 Å². The molecule has 0 aromatic carbocycles. The molecule has 16 heavy (non-hydrogen) atoms. The van der Waals surface area contributed by atoms with Crippen molar-refractivity contribution in [2.45, 2.75) is 58.4 Å². The number of hydrogen-bond donors (Lipinski definition) is 2. The van der Waals surface area contributed by atoms with Gasteiger partial charge in [-0.2, -0.15) is 0 Å². The lowest BCUT2D eigenvalue weighted by Gasteiger charge is -2.24. The normalized spacial score (nSPS) is 14.1. The van der Waals surface area contributed by atoms with Gasteiger partial charge in [-0.05, 0) is 27.7 Å². The van der Waals surface area contributed by atoms with Crippen LogP contribution in [0.2, 0.25) is 0 Å². The topological polar surface area (TPSA) is 58.6 Å². The maximum atomic E-state index is 11.4. The van der Waals surface area contributed by atoms with Crippen molar-refractivity contribution in [1.29, 1.82) is 0 Å². The summed E-state index contributed by atoms with van der Waals surface area (Å²) >= 11 is 1.32. The molecule has 0 unspecified atom stereocenters. The van der Waals surface area contributed by atoms with E-state index in [0.717, 1.165) is 0 Å². The standard InChI is InChI=1S/C11H22NO3S/c1-7(2)16-9(13)8(3)12-10(14)15-11(4,5)6/h7-8,13H,1-6H3,(H,12,14)/t8-/m0/s1. The molecule has 0 aliphatic heterocycles. The minimum Gasteiger partial charge on any atom is -0.444 e. The van der Waals surface area contributed by atoms with Gasteiger partial charge in [-0.15, -0.1) is 11.8 Å². The van der Waals surface area contributed by atoms with Gasteiger partial charge in [0.1, 0.15) is 5.60 Å². The van der Waals surface area contributed by atoms with Crippen LogP contribution in [-0.4, -0.2) is 28.1 Å². The predicted molar refractivity (Wildman–Crippen MR) is 66.7 cm³/mol. The number of rotatable bonds is 4. The van der Waals surface area contributed by atoms with E-state index in [-0.39, 0.29) is 10.7 Å². The molecule has 5 heteroatoms. The van der Waals surface area contributed by atoms with Gasteiger partial charge >= 0.3 is 6.09 Å². The van der Waals surface area contributed by atoms with E-state index < -0.39 is 17.7 Å². The number of nitrogens with one attached hydrogen (secondary N) is 1. The van der Waals surface area contributed by atoms with Crippen LogP contribution >= 0.6 is 11.8 Å². The highest BCUT2D eigenvalue weighted by Crippen LogP contribution is 2.24. The molecule has 0 saturated heterocycles. The Morgan fingerprint density at radius 2 is 1.81 bits per heavy atom. The van der Waals surface area contributed by atoms with Crippen molar-refractivity contribution < 1.29 is 14.6 Å². The third-order valence-electron chi connectivity index (χ3n) is 1.46. The van der Waals surface area contributed by atoms with Crippen LogP contribution in [0, 0.1) is 5.44 Å². The Morgan fingerprint density at radius 3 is 2.19 bits per heavy atom. The molecule has 0 spiro atoms. The van der Waals surface area contributed by atoms with Gasteiger partial charge in [0.05, 0.1) is 6.04 Å². The van der Waals surface area contributed by atoms with Crippen molar-refractivity contribution in [2.75, 3.05) is 0 Å². The van der Waals surface area contributed by atoms with Gasteiger partial charge in [0, 0.05) is 5.25 Å². The Kier molecular flexibility index (Phi) is 6.18. The molecule has 0 aliphatic carbocycles. The number of carbonyl (C=O) groups excluding carboxylic acids is 1. The molecule has 0 aliphatic rings. The highest BCUT2D eigenvalue weighted by molar-refractivity contribution is 8.02. The summed E-state index contributed by atoms with van der Waals surface area (Å²) < 4.78 is 5.08. The van der Waals surface area contributed by atoms with E-state index in [1.807, 2.05) is 13.8 Å². The molecular weight excluding hydrogens is 226 g/mol. The first kappa shape index (κ1) is 15.6. The van der Waals surface area contributed by atoms with E-state index in [2.05, 4.69) is 5.32 Å². The van der Waals surface area contributed by atoms with E-state index in [4.69, 9.17) is 4.74 Å². The summed E-state index contributed by atoms with van der Waals surface area (Å²) in [7, 11) is 0. The maximum absolute atomic E-state index is 11.4.